The van der Waals surface area contributed by atoms with Crippen LogP contribution >= 0.6 is 23.2 Å². The zero-order valence-electron chi connectivity index (χ0n) is 10.6. The second-order valence-corrected chi connectivity index (χ2v) is 5.13. The van der Waals surface area contributed by atoms with Crippen molar-refractivity contribution in [2.75, 3.05) is 6.61 Å². The number of aryl methyl sites for hydroxylation is 1. The molecule has 1 nitrogen and oxygen atoms in total. The van der Waals surface area contributed by atoms with Gasteiger partial charge < -0.3 is 4.74 Å². The molecule has 0 aromatic heterocycles. The fourth-order valence-corrected chi connectivity index (χ4v) is 2.20. The van der Waals surface area contributed by atoms with Crippen molar-refractivity contribution in [1.82, 2.24) is 0 Å². The molecule has 0 bridgehead atoms. The van der Waals surface area contributed by atoms with Crippen molar-refractivity contribution in [3.05, 3.63) is 64.1 Å². The highest BCUT2D eigenvalue weighted by Crippen LogP contribution is 2.31. The zero-order valence-corrected chi connectivity index (χ0v) is 12.1. The summed E-state index contributed by atoms with van der Waals surface area (Å²) in [5.74, 6) is 0.661. The van der Waals surface area contributed by atoms with E-state index in [0.717, 1.165) is 19.3 Å². The van der Waals surface area contributed by atoms with Gasteiger partial charge in [-0.05, 0) is 37.0 Å². The first kappa shape index (κ1) is 14.2. The summed E-state index contributed by atoms with van der Waals surface area (Å²) in [4.78, 5) is 0. The van der Waals surface area contributed by atoms with Gasteiger partial charge in [0.05, 0.1) is 11.6 Å². The zero-order chi connectivity index (χ0) is 13.5. The third kappa shape index (κ3) is 4.45. The normalized spacial score (nSPS) is 10.4. The summed E-state index contributed by atoms with van der Waals surface area (Å²) in [7, 11) is 0. The summed E-state index contributed by atoms with van der Waals surface area (Å²) in [5.41, 5.74) is 1.36. The van der Waals surface area contributed by atoms with E-state index in [1.807, 2.05) is 18.2 Å². The second-order valence-electron chi connectivity index (χ2n) is 4.34. The van der Waals surface area contributed by atoms with Gasteiger partial charge in [-0.25, -0.2) is 0 Å². The van der Waals surface area contributed by atoms with Crippen molar-refractivity contribution in [3.63, 3.8) is 0 Å². The van der Waals surface area contributed by atoms with E-state index in [9.17, 15) is 0 Å². The maximum Gasteiger partial charge on any atom is 0.139 e. The average Bonchev–Trinajstić information content (AvgIpc) is 2.44. The molecule has 0 amide bonds. The molecule has 0 aliphatic heterocycles. The number of hydrogen-bond donors (Lipinski definition) is 0. The molecule has 0 radical (unpaired) electrons. The van der Waals surface area contributed by atoms with E-state index in [1.54, 1.807) is 6.07 Å². The Morgan fingerprint density at radius 2 is 1.63 bits per heavy atom. The molecule has 0 spiro atoms. The lowest BCUT2D eigenvalue weighted by Crippen LogP contribution is -1.99. The summed E-state index contributed by atoms with van der Waals surface area (Å²) in [6.45, 7) is 0.660. The minimum atomic E-state index is 0.493. The first-order valence-corrected chi connectivity index (χ1v) is 7.13. The van der Waals surface area contributed by atoms with Gasteiger partial charge in [0.1, 0.15) is 10.8 Å². The standard InChI is InChI=1S/C16H16Cl2O/c17-14-10-6-11-15(16(14)18)19-12-5-4-9-13-7-2-1-3-8-13/h1-3,6-8,10-11H,4-5,9,12H2. The molecular formula is C16H16Cl2O. The van der Waals surface area contributed by atoms with Crippen LogP contribution in [0.2, 0.25) is 10.0 Å². The number of rotatable bonds is 6. The Hall–Kier alpha value is -1.18. The van der Waals surface area contributed by atoms with Gasteiger partial charge in [-0.15, -0.1) is 0 Å². The molecule has 2 rings (SSSR count). The molecule has 2 aromatic carbocycles. The molecule has 0 fully saturated rings. The van der Waals surface area contributed by atoms with E-state index in [4.69, 9.17) is 27.9 Å². The lowest BCUT2D eigenvalue weighted by molar-refractivity contribution is 0.307. The van der Waals surface area contributed by atoms with Gasteiger partial charge in [-0.1, -0.05) is 59.6 Å². The van der Waals surface area contributed by atoms with Crippen LogP contribution in [-0.2, 0) is 6.42 Å². The van der Waals surface area contributed by atoms with Crippen molar-refractivity contribution in [2.45, 2.75) is 19.3 Å². The van der Waals surface area contributed by atoms with Gasteiger partial charge in [0.15, 0.2) is 0 Å². The Morgan fingerprint density at radius 3 is 2.42 bits per heavy atom. The third-order valence-corrected chi connectivity index (χ3v) is 3.68. The average molecular weight is 295 g/mol. The Balaban J connectivity index is 1.71. The highest BCUT2D eigenvalue weighted by molar-refractivity contribution is 6.42. The molecule has 0 unspecified atom stereocenters. The summed E-state index contributed by atoms with van der Waals surface area (Å²) in [6, 6.07) is 15.9. The predicted octanol–water partition coefficient (Wildman–Crippen LogP) is 5.40. The molecule has 0 saturated carbocycles. The predicted molar refractivity (Wildman–Crippen MR) is 81.3 cm³/mol. The van der Waals surface area contributed by atoms with Gasteiger partial charge >= 0.3 is 0 Å². The minimum Gasteiger partial charge on any atom is -0.492 e. The summed E-state index contributed by atoms with van der Waals surface area (Å²) >= 11 is 12.0. The first-order valence-electron chi connectivity index (χ1n) is 6.38. The molecule has 0 N–H and O–H groups in total. The minimum absolute atomic E-state index is 0.493. The lowest BCUT2D eigenvalue weighted by Gasteiger charge is -2.08. The molecule has 3 heteroatoms. The maximum absolute atomic E-state index is 6.04. The number of ether oxygens (including phenoxy) is 1. The van der Waals surface area contributed by atoms with E-state index >= 15 is 0 Å². The van der Waals surface area contributed by atoms with Crippen LogP contribution in [0.15, 0.2) is 48.5 Å². The van der Waals surface area contributed by atoms with Crippen LogP contribution in [0.1, 0.15) is 18.4 Å². The fourth-order valence-electron chi connectivity index (χ4n) is 1.85. The Morgan fingerprint density at radius 1 is 0.842 bits per heavy atom. The van der Waals surface area contributed by atoms with E-state index in [1.165, 1.54) is 5.56 Å². The smallest absolute Gasteiger partial charge is 0.139 e. The molecule has 0 aliphatic rings. The van der Waals surface area contributed by atoms with Crippen LogP contribution in [0.3, 0.4) is 0 Å². The fraction of sp³-hybridized carbons (Fsp3) is 0.250. The Bertz CT molecular complexity index is 511. The van der Waals surface area contributed by atoms with Crippen molar-refractivity contribution < 1.29 is 4.74 Å². The Labute approximate surface area is 124 Å². The molecule has 100 valence electrons. The molecule has 2 aromatic rings. The molecule has 0 aliphatic carbocycles. The molecule has 0 saturated heterocycles. The number of benzene rings is 2. The molecule has 19 heavy (non-hydrogen) atoms. The molecule has 0 heterocycles. The van der Waals surface area contributed by atoms with E-state index < -0.39 is 0 Å². The first-order chi connectivity index (χ1) is 9.27. The molecular weight excluding hydrogens is 279 g/mol. The van der Waals surface area contributed by atoms with Crippen molar-refractivity contribution in [3.8, 4) is 5.75 Å². The third-order valence-electron chi connectivity index (χ3n) is 2.88. The largest absolute Gasteiger partial charge is 0.492 e. The highest BCUT2D eigenvalue weighted by Gasteiger charge is 2.04. The second kappa shape index (κ2) is 7.42. The van der Waals surface area contributed by atoms with Gasteiger partial charge in [0.25, 0.3) is 0 Å². The van der Waals surface area contributed by atoms with Crippen molar-refractivity contribution in [2.24, 2.45) is 0 Å². The maximum atomic E-state index is 6.04. The van der Waals surface area contributed by atoms with Crippen molar-refractivity contribution >= 4 is 23.2 Å². The number of halogens is 2. The molecule has 0 atom stereocenters. The van der Waals surface area contributed by atoms with Crippen LogP contribution in [-0.4, -0.2) is 6.61 Å². The monoisotopic (exact) mass is 294 g/mol. The quantitative estimate of drug-likeness (QED) is 0.649. The van der Waals surface area contributed by atoms with Crippen molar-refractivity contribution in [1.29, 1.82) is 0 Å². The van der Waals surface area contributed by atoms with Crippen LogP contribution in [0.4, 0.5) is 0 Å². The SMILES string of the molecule is Clc1cccc(OCCCCc2ccccc2)c1Cl. The lowest BCUT2D eigenvalue weighted by atomic mass is 10.1. The number of unbranched alkanes of at least 4 members (excludes halogenated alkanes) is 1. The topological polar surface area (TPSA) is 9.23 Å². The summed E-state index contributed by atoms with van der Waals surface area (Å²) in [5, 5.41) is 1.02. The van der Waals surface area contributed by atoms with E-state index in [0.29, 0.717) is 22.4 Å². The van der Waals surface area contributed by atoms with Crippen LogP contribution in [0, 0.1) is 0 Å². The van der Waals surface area contributed by atoms with Crippen LogP contribution in [0.25, 0.3) is 0 Å². The van der Waals surface area contributed by atoms with Gasteiger partial charge in [-0.3, -0.25) is 0 Å². The number of hydrogen-bond acceptors (Lipinski definition) is 1. The van der Waals surface area contributed by atoms with Gasteiger partial charge in [0, 0.05) is 0 Å². The Kier molecular flexibility index (Phi) is 5.56. The van der Waals surface area contributed by atoms with Gasteiger partial charge in [0.2, 0.25) is 0 Å². The summed E-state index contributed by atoms with van der Waals surface area (Å²) < 4.78 is 5.64. The van der Waals surface area contributed by atoms with E-state index in [2.05, 4.69) is 24.3 Å². The van der Waals surface area contributed by atoms with Crippen LogP contribution < -0.4 is 4.74 Å². The highest BCUT2D eigenvalue weighted by atomic mass is 35.5. The van der Waals surface area contributed by atoms with Crippen LogP contribution in [0.5, 0.6) is 5.75 Å². The van der Waals surface area contributed by atoms with E-state index in [-0.39, 0.29) is 0 Å². The van der Waals surface area contributed by atoms with Gasteiger partial charge in [-0.2, -0.15) is 0 Å². The summed E-state index contributed by atoms with van der Waals surface area (Å²) in [6.07, 6.45) is 3.17.